The smallest absolute Gasteiger partial charge is 0.0540 e. The third kappa shape index (κ3) is 5.79. The molecule has 3 aliphatic carbocycles. The van der Waals surface area contributed by atoms with Crippen LogP contribution in [0.2, 0.25) is 0 Å². The van der Waals surface area contributed by atoms with Crippen molar-refractivity contribution < 1.29 is 0 Å². The van der Waals surface area contributed by atoms with Crippen molar-refractivity contribution in [2.24, 2.45) is 23.7 Å². The van der Waals surface area contributed by atoms with Gasteiger partial charge in [0.15, 0.2) is 0 Å². The summed E-state index contributed by atoms with van der Waals surface area (Å²) in [5.74, 6) is 2.62. The summed E-state index contributed by atoms with van der Waals surface area (Å²) in [6, 6.07) is 77.5. The second-order valence-corrected chi connectivity index (χ2v) is 19.5. The Hall–Kier alpha value is -7.16. The van der Waals surface area contributed by atoms with E-state index in [1.54, 1.807) is 5.56 Å². The van der Waals surface area contributed by atoms with E-state index in [9.17, 15) is 0 Å². The largest absolute Gasteiger partial charge is 0.310 e. The van der Waals surface area contributed by atoms with Gasteiger partial charge in [-0.1, -0.05) is 166 Å². The van der Waals surface area contributed by atoms with Crippen LogP contribution in [0, 0.1) is 23.7 Å². The Balaban J connectivity index is 1.09. The number of hydrogen-bond acceptors (Lipinski definition) is 2. The lowest BCUT2D eigenvalue weighted by molar-refractivity contribution is 0.0429. The molecule has 3 aliphatic rings. The van der Waals surface area contributed by atoms with Gasteiger partial charge in [0.1, 0.15) is 0 Å². The van der Waals surface area contributed by atoms with Gasteiger partial charge in [0.05, 0.1) is 17.1 Å². The Kier molecular flexibility index (Phi) is 8.82. The van der Waals surface area contributed by atoms with Crippen LogP contribution in [0.5, 0.6) is 0 Å². The summed E-state index contributed by atoms with van der Waals surface area (Å²) >= 11 is 0. The third-order valence-corrected chi connectivity index (χ3v) is 15.8. The predicted octanol–water partition coefficient (Wildman–Crippen LogP) is 17.5. The first-order valence-corrected chi connectivity index (χ1v) is 23.9. The average Bonchev–Trinajstić information content (AvgIpc) is 3.66. The van der Waals surface area contributed by atoms with Crippen LogP contribution in [0.4, 0.5) is 34.1 Å². The molecular weight excluding hydrogens is 785 g/mol. The van der Waals surface area contributed by atoms with Crippen molar-refractivity contribution in [2.75, 3.05) is 9.80 Å². The minimum absolute atomic E-state index is 0.0833. The van der Waals surface area contributed by atoms with Crippen LogP contribution >= 0.6 is 0 Å². The topological polar surface area (TPSA) is 6.48 Å². The van der Waals surface area contributed by atoms with Gasteiger partial charge in [-0.05, 0) is 159 Å². The number of anilines is 6. The van der Waals surface area contributed by atoms with E-state index in [-0.39, 0.29) is 5.41 Å². The first-order chi connectivity index (χ1) is 32.1. The fourth-order valence-electron chi connectivity index (χ4n) is 13.5. The molecule has 1 spiro atoms. The lowest BCUT2D eigenvalue weighted by Crippen LogP contribution is -2.49. The van der Waals surface area contributed by atoms with Crippen LogP contribution in [0.15, 0.2) is 206 Å². The first-order valence-electron chi connectivity index (χ1n) is 23.9. The van der Waals surface area contributed by atoms with Crippen LogP contribution in [-0.4, -0.2) is 0 Å². The summed E-state index contributed by atoms with van der Waals surface area (Å²) in [5, 5.41) is 7.64. The number of nitrogens with zero attached hydrogens (tertiary/aromatic N) is 2. The van der Waals surface area contributed by atoms with Crippen LogP contribution in [0.25, 0.3) is 54.6 Å². The summed E-state index contributed by atoms with van der Waals surface area (Å²) in [5.41, 5.74) is 15.4. The van der Waals surface area contributed by atoms with E-state index in [0.717, 1.165) is 23.2 Å². The number of hydrogen-bond donors (Lipinski definition) is 0. The molecule has 0 amide bonds. The van der Waals surface area contributed by atoms with Crippen molar-refractivity contribution >= 4 is 66.4 Å². The highest BCUT2D eigenvalue weighted by molar-refractivity contribution is 6.28. The summed E-state index contributed by atoms with van der Waals surface area (Å²) in [7, 11) is 0. The van der Waals surface area contributed by atoms with Gasteiger partial charge < -0.3 is 9.80 Å². The molecular formula is C63H52N2. The van der Waals surface area contributed by atoms with E-state index >= 15 is 0 Å². The molecule has 0 saturated heterocycles. The highest BCUT2D eigenvalue weighted by atomic mass is 15.2. The maximum atomic E-state index is 2.66. The minimum Gasteiger partial charge on any atom is -0.310 e. The summed E-state index contributed by atoms with van der Waals surface area (Å²) in [6.07, 6.45) is 5.22. The molecule has 0 heterocycles. The van der Waals surface area contributed by atoms with Crippen molar-refractivity contribution in [1.82, 2.24) is 0 Å². The van der Waals surface area contributed by atoms with Crippen molar-refractivity contribution in [3.8, 4) is 22.3 Å². The molecule has 0 aromatic heterocycles. The van der Waals surface area contributed by atoms with Crippen molar-refractivity contribution in [2.45, 2.75) is 44.9 Å². The van der Waals surface area contributed by atoms with Crippen LogP contribution in [-0.2, 0) is 5.41 Å². The molecule has 0 N–H and O–H groups in total. The normalized spacial score (nSPS) is 20.9. The molecule has 10 aromatic rings. The minimum atomic E-state index is -0.0833. The molecule has 0 aliphatic heterocycles. The average molecular weight is 837 g/mol. The van der Waals surface area contributed by atoms with Gasteiger partial charge in [-0.15, -0.1) is 0 Å². The van der Waals surface area contributed by atoms with Crippen molar-refractivity contribution in [3.05, 3.63) is 217 Å². The van der Waals surface area contributed by atoms with E-state index in [1.165, 1.54) is 109 Å². The Morgan fingerprint density at radius 3 is 1.66 bits per heavy atom. The first kappa shape index (κ1) is 38.3. The molecule has 2 fully saturated rings. The van der Waals surface area contributed by atoms with Gasteiger partial charge in [0.25, 0.3) is 0 Å². The molecule has 314 valence electrons. The van der Waals surface area contributed by atoms with Gasteiger partial charge in [0, 0.05) is 33.2 Å². The number of rotatable bonds is 7. The maximum Gasteiger partial charge on any atom is 0.0540 e. The quantitative estimate of drug-likeness (QED) is 0.148. The van der Waals surface area contributed by atoms with Crippen LogP contribution < -0.4 is 9.80 Å². The summed E-state index contributed by atoms with van der Waals surface area (Å²) in [6.45, 7) is 5.12. The molecule has 5 unspecified atom stereocenters. The molecule has 2 saturated carbocycles. The number of para-hydroxylation sites is 2. The number of fused-ring (bicyclic) bond motifs is 8. The summed E-state index contributed by atoms with van der Waals surface area (Å²) in [4.78, 5) is 5.08. The lowest BCUT2D eigenvalue weighted by atomic mass is 9.49. The van der Waals surface area contributed by atoms with Gasteiger partial charge >= 0.3 is 0 Å². The van der Waals surface area contributed by atoms with Gasteiger partial charge in [-0.25, -0.2) is 0 Å². The van der Waals surface area contributed by atoms with E-state index in [0.29, 0.717) is 11.8 Å². The fourth-order valence-corrected chi connectivity index (χ4v) is 13.5. The third-order valence-electron chi connectivity index (χ3n) is 15.8. The van der Waals surface area contributed by atoms with Crippen molar-refractivity contribution in [1.29, 1.82) is 0 Å². The van der Waals surface area contributed by atoms with E-state index in [2.05, 4.69) is 230 Å². The maximum absolute atomic E-state index is 2.66. The molecule has 5 atom stereocenters. The monoisotopic (exact) mass is 836 g/mol. The second kappa shape index (κ2) is 15.0. The summed E-state index contributed by atoms with van der Waals surface area (Å²) < 4.78 is 0. The Morgan fingerprint density at radius 1 is 0.415 bits per heavy atom. The zero-order valence-electron chi connectivity index (χ0n) is 37.2. The van der Waals surface area contributed by atoms with E-state index in [4.69, 9.17) is 0 Å². The van der Waals surface area contributed by atoms with Crippen LogP contribution in [0.1, 0.15) is 50.7 Å². The molecule has 13 rings (SSSR count). The highest BCUT2D eigenvalue weighted by Crippen LogP contribution is 2.67. The highest BCUT2D eigenvalue weighted by Gasteiger charge is 2.57. The lowest BCUT2D eigenvalue weighted by Gasteiger charge is -2.55. The molecule has 2 heteroatoms. The fraction of sp³-hybridized carbons (Fsp3) is 0.175. The molecule has 65 heavy (non-hydrogen) atoms. The predicted molar refractivity (Wildman–Crippen MR) is 275 cm³/mol. The Bertz CT molecular complexity index is 3350. The Morgan fingerprint density at radius 2 is 0.969 bits per heavy atom. The molecule has 2 bridgehead atoms. The van der Waals surface area contributed by atoms with Crippen molar-refractivity contribution in [3.63, 3.8) is 0 Å². The van der Waals surface area contributed by atoms with E-state index < -0.39 is 0 Å². The second-order valence-electron chi connectivity index (χ2n) is 19.5. The molecule has 0 radical (unpaired) electrons. The molecule has 10 aromatic carbocycles. The standard InChI is InChI=1S/C63H52N2/c1-41-36-43-38-42(2)63(48(37-41)39-43)56-26-13-12-24-52(56)53-25-15-27-59(62(53)63)65(51-23-14-18-47(40-51)44-16-6-3-7-17-44)58-35-31-46-28-32-54-57(34-30-45-29-33-55(58)61(46)60(45)54)64(49-19-8-4-9-20-49)50-21-10-5-11-22-50/h3-35,40-43,48H,36-39H2,1-2H3. The zero-order chi connectivity index (χ0) is 43.2. The SMILES string of the molecule is CC1CC2CC(C)C3(c4ccccc4-c4cccc(N(c5cccc(-c6ccccc6)c5)c5ccc6ccc7c(N(c8ccccc8)c8ccccc8)ccc8ccc5c6c87)c43)C(C1)C2. The number of benzene rings is 10. The van der Waals surface area contributed by atoms with Gasteiger partial charge in [0.2, 0.25) is 0 Å². The van der Waals surface area contributed by atoms with Gasteiger partial charge in [-0.3, -0.25) is 0 Å². The Labute approximate surface area is 382 Å². The zero-order valence-corrected chi connectivity index (χ0v) is 37.2. The van der Waals surface area contributed by atoms with Gasteiger partial charge in [-0.2, -0.15) is 0 Å². The van der Waals surface area contributed by atoms with E-state index in [1.807, 2.05) is 0 Å². The van der Waals surface area contributed by atoms with Crippen LogP contribution in [0.3, 0.4) is 0 Å². The molecule has 2 nitrogen and oxygen atoms in total.